The standard InChI is InChI=1S/C17H12Cl2O2S/c1-10-13-8-11(18)6-7-12(13)16(22-10)9-17(20)21-15-5-3-2-4-14(15)19/h2-8H,9H2,1H3. The van der Waals surface area contributed by atoms with Crippen molar-refractivity contribution in [1.29, 1.82) is 0 Å². The van der Waals surface area contributed by atoms with Gasteiger partial charge in [0.05, 0.1) is 11.4 Å². The second kappa shape index (κ2) is 6.29. The lowest BCUT2D eigenvalue weighted by Gasteiger charge is -2.05. The van der Waals surface area contributed by atoms with Crippen molar-refractivity contribution in [3.05, 3.63) is 62.3 Å². The Bertz CT molecular complexity index is 855. The fourth-order valence-corrected chi connectivity index (χ4v) is 3.77. The van der Waals surface area contributed by atoms with E-state index in [9.17, 15) is 4.79 Å². The monoisotopic (exact) mass is 350 g/mol. The first kappa shape index (κ1) is 15.3. The van der Waals surface area contributed by atoms with Gasteiger partial charge in [-0.15, -0.1) is 11.3 Å². The van der Waals surface area contributed by atoms with Crippen LogP contribution in [-0.4, -0.2) is 5.97 Å². The molecule has 0 fully saturated rings. The highest BCUT2D eigenvalue weighted by Gasteiger charge is 2.15. The number of esters is 1. The minimum atomic E-state index is -0.328. The van der Waals surface area contributed by atoms with Crippen LogP contribution in [0.3, 0.4) is 0 Å². The van der Waals surface area contributed by atoms with E-state index in [1.807, 2.05) is 25.1 Å². The zero-order valence-electron chi connectivity index (χ0n) is 11.7. The fraction of sp³-hybridized carbons (Fsp3) is 0.118. The number of hydrogen-bond acceptors (Lipinski definition) is 3. The molecule has 0 atom stereocenters. The molecule has 5 heteroatoms. The van der Waals surface area contributed by atoms with E-state index in [0.717, 1.165) is 20.5 Å². The van der Waals surface area contributed by atoms with E-state index >= 15 is 0 Å². The quantitative estimate of drug-likeness (QED) is 0.449. The van der Waals surface area contributed by atoms with Gasteiger partial charge in [0.1, 0.15) is 5.75 Å². The molecular formula is C17H12Cl2O2S. The number of carbonyl (C=O) groups excluding carboxylic acids is 1. The molecule has 3 aromatic rings. The van der Waals surface area contributed by atoms with E-state index in [1.54, 1.807) is 35.6 Å². The summed E-state index contributed by atoms with van der Waals surface area (Å²) in [7, 11) is 0. The summed E-state index contributed by atoms with van der Waals surface area (Å²) >= 11 is 13.6. The number of carbonyl (C=O) groups is 1. The minimum Gasteiger partial charge on any atom is -0.425 e. The Morgan fingerprint density at radius 1 is 1.14 bits per heavy atom. The smallest absolute Gasteiger partial charge is 0.316 e. The number of benzene rings is 2. The van der Waals surface area contributed by atoms with Gasteiger partial charge in [0.15, 0.2) is 0 Å². The number of rotatable bonds is 3. The molecule has 22 heavy (non-hydrogen) atoms. The SMILES string of the molecule is Cc1sc(CC(=O)Oc2ccccc2Cl)c2ccc(Cl)cc12. The van der Waals surface area contributed by atoms with Gasteiger partial charge in [-0.2, -0.15) is 0 Å². The minimum absolute atomic E-state index is 0.210. The number of fused-ring (bicyclic) bond motifs is 1. The predicted molar refractivity (Wildman–Crippen MR) is 92.4 cm³/mol. The summed E-state index contributed by atoms with van der Waals surface area (Å²) in [5, 5.41) is 3.24. The largest absolute Gasteiger partial charge is 0.425 e. The van der Waals surface area contributed by atoms with Crippen molar-refractivity contribution in [1.82, 2.24) is 0 Å². The van der Waals surface area contributed by atoms with Gasteiger partial charge in [0, 0.05) is 14.8 Å². The van der Waals surface area contributed by atoms with Gasteiger partial charge in [-0.3, -0.25) is 4.79 Å². The van der Waals surface area contributed by atoms with Crippen LogP contribution in [0.1, 0.15) is 9.75 Å². The summed E-state index contributed by atoms with van der Waals surface area (Å²) < 4.78 is 5.34. The van der Waals surface area contributed by atoms with Crippen LogP contribution in [0.5, 0.6) is 5.75 Å². The molecule has 0 N–H and O–H groups in total. The van der Waals surface area contributed by atoms with E-state index in [1.165, 1.54) is 0 Å². The van der Waals surface area contributed by atoms with Crippen molar-refractivity contribution < 1.29 is 9.53 Å². The topological polar surface area (TPSA) is 26.3 Å². The van der Waals surface area contributed by atoms with Crippen LogP contribution in [0.25, 0.3) is 10.8 Å². The molecule has 2 nitrogen and oxygen atoms in total. The Morgan fingerprint density at radius 3 is 2.68 bits per heavy atom. The first-order chi connectivity index (χ1) is 10.5. The zero-order valence-corrected chi connectivity index (χ0v) is 14.1. The first-order valence-corrected chi connectivity index (χ1v) is 8.24. The van der Waals surface area contributed by atoms with Crippen LogP contribution >= 0.6 is 34.5 Å². The van der Waals surface area contributed by atoms with Gasteiger partial charge < -0.3 is 4.74 Å². The van der Waals surface area contributed by atoms with Crippen LogP contribution in [0.2, 0.25) is 10.0 Å². The molecule has 112 valence electrons. The lowest BCUT2D eigenvalue weighted by molar-refractivity contribution is -0.133. The molecular weight excluding hydrogens is 339 g/mol. The molecule has 0 spiro atoms. The van der Waals surface area contributed by atoms with E-state index in [2.05, 4.69) is 0 Å². The maximum absolute atomic E-state index is 12.2. The summed E-state index contributed by atoms with van der Waals surface area (Å²) in [6.07, 6.45) is 0.210. The van der Waals surface area contributed by atoms with E-state index in [-0.39, 0.29) is 12.4 Å². The van der Waals surface area contributed by atoms with Gasteiger partial charge in [-0.05, 0) is 42.0 Å². The van der Waals surface area contributed by atoms with Crippen LogP contribution in [-0.2, 0) is 11.2 Å². The van der Waals surface area contributed by atoms with Crippen molar-refractivity contribution in [3.8, 4) is 5.75 Å². The number of hydrogen-bond donors (Lipinski definition) is 0. The normalized spacial score (nSPS) is 10.9. The molecule has 0 amide bonds. The molecule has 2 aromatic carbocycles. The second-order valence-corrected chi connectivity index (χ2v) is 7.01. The zero-order chi connectivity index (χ0) is 15.7. The van der Waals surface area contributed by atoms with Crippen molar-refractivity contribution in [2.45, 2.75) is 13.3 Å². The summed E-state index contributed by atoms with van der Waals surface area (Å²) in [6.45, 7) is 2.02. The van der Waals surface area contributed by atoms with Crippen molar-refractivity contribution in [3.63, 3.8) is 0 Å². The number of halogens is 2. The Labute approximate surface area is 142 Å². The molecule has 0 bridgehead atoms. The number of ether oxygens (including phenoxy) is 1. The van der Waals surface area contributed by atoms with Gasteiger partial charge in [0.25, 0.3) is 0 Å². The summed E-state index contributed by atoms with van der Waals surface area (Å²) in [5.41, 5.74) is 0. The van der Waals surface area contributed by atoms with E-state index in [0.29, 0.717) is 15.8 Å². The van der Waals surface area contributed by atoms with Crippen LogP contribution < -0.4 is 4.74 Å². The average molecular weight is 351 g/mol. The summed E-state index contributed by atoms with van der Waals surface area (Å²) in [6, 6.07) is 12.6. The van der Waals surface area contributed by atoms with Gasteiger partial charge >= 0.3 is 5.97 Å². The van der Waals surface area contributed by atoms with Crippen LogP contribution in [0.15, 0.2) is 42.5 Å². The lowest BCUT2D eigenvalue weighted by Crippen LogP contribution is -2.10. The molecule has 0 aliphatic heterocycles. The average Bonchev–Trinajstić information content (AvgIpc) is 2.77. The summed E-state index contributed by atoms with van der Waals surface area (Å²) in [4.78, 5) is 14.3. The molecule has 3 rings (SSSR count). The molecule has 0 aliphatic carbocycles. The maximum atomic E-state index is 12.2. The van der Waals surface area contributed by atoms with Gasteiger partial charge in [-0.1, -0.05) is 41.4 Å². The fourth-order valence-electron chi connectivity index (χ4n) is 2.29. The predicted octanol–water partition coefficient (Wildman–Crippen LogP) is 5.66. The van der Waals surface area contributed by atoms with Gasteiger partial charge in [0.2, 0.25) is 0 Å². The molecule has 0 aliphatic rings. The maximum Gasteiger partial charge on any atom is 0.316 e. The van der Waals surface area contributed by atoms with Crippen LogP contribution in [0, 0.1) is 6.92 Å². The Balaban J connectivity index is 1.84. The molecule has 0 radical (unpaired) electrons. The van der Waals surface area contributed by atoms with E-state index < -0.39 is 0 Å². The lowest BCUT2D eigenvalue weighted by atomic mass is 10.1. The van der Waals surface area contributed by atoms with Crippen molar-refractivity contribution >= 4 is 51.3 Å². The number of aryl methyl sites for hydroxylation is 1. The molecule has 0 saturated carbocycles. The first-order valence-electron chi connectivity index (χ1n) is 6.67. The van der Waals surface area contributed by atoms with Gasteiger partial charge in [-0.25, -0.2) is 0 Å². The third-order valence-electron chi connectivity index (χ3n) is 3.30. The van der Waals surface area contributed by atoms with Crippen molar-refractivity contribution in [2.75, 3.05) is 0 Å². The Hall–Kier alpha value is -1.55. The van der Waals surface area contributed by atoms with E-state index in [4.69, 9.17) is 27.9 Å². The highest BCUT2D eigenvalue weighted by Crippen LogP contribution is 2.33. The highest BCUT2D eigenvalue weighted by atomic mass is 35.5. The third kappa shape index (κ3) is 3.12. The Kier molecular flexibility index (Phi) is 4.39. The number of para-hydroxylation sites is 1. The summed E-state index contributed by atoms with van der Waals surface area (Å²) in [5.74, 6) is 0.0565. The molecule has 0 saturated heterocycles. The number of thiophene rings is 1. The van der Waals surface area contributed by atoms with Crippen molar-refractivity contribution in [2.24, 2.45) is 0 Å². The second-order valence-electron chi connectivity index (χ2n) is 4.85. The van der Waals surface area contributed by atoms with Crippen LogP contribution in [0.4, 0.5) is 0 Å². The third-order valence-corrected chi connectivity index (χ3v) is 4.99. The molecule has 1 heterocycles. The Morgan fingerprint density at radius 2 is 1.91 bits per heavy atom. The molecule has 1 aromatic heterocycles. The molecule has 0 unspecified atom stereocenters. The highest BCUT2D eigenvalue weighted by molar-refractivity contribution is 7.13.